The Balaban J connectivity index is 1.90. The van der Waals surface area contributed by atoms with Gasteiger partial charge in [-0.1, -0.05) is 6.42 Å². The molecule has 0 aliphatic heterocycles. The number of methoxy groups -OCH3 is 2. The highest BCUT2D eigenvalue weighted by atomic mass is 16.5. The van der Waals surface area contributed by atoms with Gasteiger partial charge in [0.05, 0.1) is 19.8 Å². The Morgan fingerprint density at radius 1 is 1.33 bits per heavy atom. The second-order valence-electron chi connectivity index (χ2n) is 6.40. The van der Waals surface area contributed by atoms with Crippen LogP contribution >= 0.6 is 0 Å². The van der Waals surface area contributed by atoms with Gasteiger partial charge in [-0.05, 0) is 44.9 Å². The van der Waals surface area contributed by atoms with Crippen LogP contribution in [0.25, 0.3) is 0 Å². The average molecular weight is 299 g/mol. The molecule has 3 atom stereocenters. The van der Waals surface area contributed by atoms with Gasteiger partial charge in [0, 0.05) is 19.8 Å². The highest BCUT2D eigenvalue weighted by Crippen LogP contribution is 2.41. The van der Waals surface area contributed by atoms with Crippen LogP contribution in [0.1, 0.15) is 45.4 Å². The number of nitrogens with one attached hydrogen (secondary N) is 1. The first-order chi connectivity index (χ1) is 10.1. The van der Waals surface area contributed by atoms with Crippen LogP contribution in [-0.2, 0) is 19.0 Å². The van der Waals surface area contributed by atoms with Gasteiger partial charge in [0.1, 0.15) is 5.54 Å². The summed E-state index contributed by atoms with van der Waals surface area (Å²) in [6.45, 7) is 3.28. The number of ether oxygens (including phenoxy) is 3. The van der Waals surface area contributed by atoms with E-state index < -0.39 is 5.54 Å². The normalized spacial score (nSPS) is 30.3. The van der Waals surface area contributed by atoms with Crippen molar-refractivity contribution in [1.29, 1.82) is 0 Å². The fourth-order valence-electron chi connectivity index (χ4n) is 3.45. The number of carbonyl (C=O) groups is 1. The summed E-state index contributed by atoms with van der Waals surface area (Å²) < 4.78 is 15.9. The van der Waals surface area contributed by atoms with Gasteiger partial charge >= 0.3 is 5.97 Å². The largest absolute Gasteiger partial charge is 0.468 e. The molecule has 5 heteroatoms. The van der Waals surface area contributed by atoms with Gasteiger partial charge in [-0.15, -0.1) is 0 Å². The molecule has 2 aliphatic carbocycles. The Kier molecular flexibility index (Phi) is 6.02. The molecule has 21 heavy (non-hydrogen) atoms. The van der Waals surface area contributed by atoms with E-state index in [0.717, 1.165) is 25.7 Å². The van der Waals surface area contributed by atoms with E-state index in [2.05, 4.69) is 5.32 Å². The van der Waals surface area contributed by atoms with E-state index in [1.54, 1.807) is 7.11 Å². The standard InChI is InChI=1S/C16H29NO4/c1-12(11-19-2)21-10-8-13-5-4-9-16(13,15(18)20-3)17-14-6-7-14/h12-14,17H,4-11H2,1-3H3. The first-order valence-electron chi connectivity index (χ1n) is 8.09. The van der Waals surface area contributed by atoms with E-state index in [4.69, 9.17) is 14.2 Å². The van der Waals surface area contributed by atoms with Crippen molar-refractivity contribution in [1.82, 2.24) is 5.32 Å². The molecule has 5 nitrogen and oxygen atoms in total. The third kappa shape index (κ3) is 4.18. The second kappa shape index (κ2) is 7.56. The highest BCUT2D eigenvalue weighted by molar-refractivity contribution is 5.81. The third-order valence-electron chi connectivity index (χ3n) is 4.68. The Bertz CT molecular complexity index is 345. The summed E-state index contributed by atoms with van der Waals surface area (Å²) in [6, 6.07) is 0.498. The first kappa shape index (κ1) is 16.7. The molecule has 3 unspecified atom stereocenters. The number of carbonyl (C=O) groups excluding carboxylic acids is 1. The van der Waals surface area contributed by atoms with E-state index >= 15 is 0 Å². The van der Waals surface area contributed by atoms with Crippen LogP contribution in [0.15, 0.2) is 0 Å². The molecular formula is C16H29NO4. The third-order valence-corrected chi connectivity index (χ3v) is 4.68. The van der Waals surface area contributed by atoms with Crippen molar-refractivity contribution in [3.63, 3.8) is 0 Å². The van der Waals surface area contributed by atoms with Crippen LogP contribution in [0.2, 0.25) is 0 Å². The summed E-state index contributed by atoms with van der Waals surface area (Å²) in [5.74, 6) is 0.210. The molecule has 0 saturated heterocycles. The van der Waals surface area contributed by atoms with Crippen molar-refractivity contribution in [2.75, 3.05) is 27.4 Å². The summed E-state index contributed by atoms with van der Waals surface area (Å²) >= 11 is 0. The lowest BCUT2D eigenvalue weighted by Crippen LogP contribution is -2.56. The number of rotatable bonds is 9. The molecule has 0 aromatic rings. The number of hydrogen-bond donors (Lipinski definition) is 1. The fraction of sp³-hybridized carbons (Fsp3) is 0.938. The van der Waals surface area contributed by atoms with Crippen molar-refractivity contribution in [2.24, 2.45) is 5.92 Å². The smallest absolute Gasteiger partial charge is 0.326 e. The molecule has 122 valence electrons. The molecule has 0 spiro atoms. The van der Waals surface area contributed by atoms with Crippen LogP contribution in [-0.4, -0.2) is 51.1 Å². The summed E-state index contributed by atoms with van der Waals surface area (Å²) in [7, 11) is 3.17. The van der Waals surface area contributed by atoms with Gasteiger partial charge in [0.15, 0.2) is 0 Å². The topological polar surface area (TPSA) is 56.8 Å². The fourth-order valence-corrected chi connectivity index (χ4v) is 3.45. The Labute approximate surface area is 127 Å². The number of esters is 1. The van der Waals surface area contributed by atoms with Crippen molar-refractivity contribution in [3.8, 4) is 0 Å². The van der Waals surface area contributed by atoms with E-state index in [1.807, 2.05) is 6.92 Å². The summed E-state index contributed by atoms with van der Waals surface area (Å²) in [4.78, 5) is 12.4. The molecule has 0 amide bonds. The van der Waals surface area contributed by atoms with Crippen LogP contribution in [0.3, 0.4) is 0 Å². The van der Waals surface area contributed by atoms with Gasteiger partial charge in [-0.2, -0.15) is 0 Å². The van der Waals surface area contributed by atoms with Crippen LogP contribution in [0, 0.1) is 5.92 Å². The summed E-state index contributed by atoms with van der Waals surface area (Å²) in [5.41, 5.74) is -0.482. The molecule has 2 aliphatic rings. The zero-order valence-electron chi connectivity index (χ0n) is 13.5. The minimum Gasteiger partial charge on any atom is -0.468 e. The van der Waals surface area contributed by atoms with Gasteiger partial charge in [0.25, 0.3) is 0 Å². The molecule has 0 heterocycles. The van der Waals surface area contributed by atoms with Crippen molar-refractivity contribution >= 4 is 5.97 Å². The molecular weight excluding hydrogens is 270 g/mol. The van der Waals surface area contributed by atoms with Crippen molar-refractivity contribution in [3.05, 3.63) is 0 Å². The molecule has 0 bridgehead atoms. The molecule has 1 N–H and O–H groups in total. The lowest BCUT2D eigenvalue weighted by atomic mass is 9.84. The number of hydrogen-bond acceptors (Lipinski definition) is 5. The quantitative estimate of drug-likeness (QED) is 0.659. The molecule has 0 radical (unpaired) electrons. The Hall–Kier alpha value is -0.650. The van der Waals surface area contributed by atoms with Crippen molar-refractivity contribution < 1.29 is 19.0 Å². The summed E-state index contributed by atoms with van der Waals surface area (Å²) in [5, 5.41) is 3.58. The lowest BCUT2D eigenvalue weighted by Gasteiger charge is -2.34. The molecule has 0 aromatic carbocycles. The Morgan fingerprint density at radius 2 is 2.10 bits per heavy atom. The van der Waals surface area contributed by atoms with Gasteiger partial charge in [-0.3, -0.25) is 10.1 Å². The maximum atomic E-state index is 12.4. The van der Waals surface area contributed by atoms with Gasteiger partial charge < -0.3 is 14.2 Å². The molecule has 0 aromatic heterocycles. The minimum atomic E-state index is -0.482. The zero-order valence-corrected chi connectivity index (χ0v) is 13.5. The Morgan fingerprint density at radius 3 is 2.71 bits per heavy atom. The van der Waals surface area contributed by atoms with Gasteiger partial charge in [-0.25, -0.2) is 0 Å². The van der Waals surface area contributed by atoms with Crippen LogP contribution in [0.4, 0.5) is 0 Å². The van der Waals surface area contributed by atoms with E-state index in [0.29, 0.717) is 25.2 Å². The predicted octanol–water partition coefficient (Wildman–Crippen LogP) is 1.89. The highest BCUT2D eigenvalue weighted by Gasteiger charge is 2.51. The maximum Gasteiger partial charge on any atom is 0.326 e. The van der Waals surface area contributed by atoms with E-state index in [9.17, 15) is 4.79 Å². The molecule has 2 saturated carbocycles. The zero-order chi connectivity index (χ0) is 15.3. The SMILES string of the molecule is COCC(C)OCCC1CCCC1(NC1CC1)C(=O)OC. The first-order valence-corrected chi connectivity index (χ1v) is 8.09. The van der Waals surface area contributed by atoms with Crippen LogP contribution < -0.4 is 5.32 Å². The average Bonchev–Trinajstić information content (AvgIpc) is 3.19. The molecule has 2 fully saturated rings. The monoisotopic (exact) mass is 299 g/mol. The van der Waals surface area contributed by atoms with E-state index in [1.165, 1.54) is 20.0 Å². The summed E-state index contributed by atoms with van der Waals surface area (Å²) in [6.07, 6.45) is 6.36. The predicted molar refractivity (Wildman–Crippen MR) is 80.2 cm³/mol. The van der Waals surface area contributed by atoms with Crippen molar-refractivity contribution in [2.45, 2.75) is 63.1 Å². The minimum absolute atomic E-state index is 0.0955. The molecule has 2 rings (SSSR count). The van der Waals surface area contributed by atoms with Gasteiger partial charge in [0.2, 0.25) is 0 Å². The maximum absolute atomic E-state index is 12.4. The second-order valence-corrected chi connectivity index (χ2v) is 6.40. The van der Waals surface area contributed by atoms with E-state index in [-0.39, 0.29) is 12.1 Å². The lowest BCUT2D eigenvalue weighted by molar-refractivity contribution is -0.151. The van der Waals surface area contributed by atoms with Crippen LogP contribution in [0.5, 0.6) is 0 Å².